The number of thioether (sulfide) groups is 1. The smallest absolute Gasteiger partial charge is 0.250 e. The summed E-state index contributed by atoms with van der Waals surface area (Å²) in [4.78, 5) is 24.6. The number of rotatable bonds is 7. The standard InChI is InChI=1S/C17H19N3O4S2/c1-20(26(23,24)13-9-7-12(25-2)8-10-13)11-16(21)19-15-6-4-3-5-14(15)17(18)22/h3-10H,11H2,1-2H3,(H2,18,22)(H,19,21). The largest absolute Gasteiger partial charge is 0.366 e. The lowest BCUT2D eigenvalue weighted by molar-refractivity contribution is -0.116. The number of anilines is 1. The van der Waals surface area contributed by atoms with Crippen LogP contribution in [0.3, 0.4) is 0 Å². The number of amides is 2. The Labute approximate surface area is 156 Å². The lowest BCUT2D eigenvalue weighted by Crippen LogP contribution is -2.35. The number of sulfonamides is 1. The molecule has 0 spiro atoms. The molecule has 2 aromatic rings. The summed E-state index contributed by atoms with van der Waals surface area (Å²) in [6.45, 7) is -0.403. The predicted octanol–water partition coefficient (Wildman–Crippen LogP) is 1.77. The van der Waals surface area contributed by atoms with E-state index in [1.165, 1.54) is 43.1 Å². The van der Waals surface area contributed by atoms with Crippen LogP contribution in [0.5, 0.6) is 0 Å². The van der Waals surface area contributed by atoms with Gasteiger partial charge >= 0.3 is 0 Å². The third kappa shape index (κ3) is 4.63. The zero-order valence-electron chi connectivity index (χ0n) is 14.3. The fraction of sp³-hybridized carbons (Fsp3) is 0.176. The van der Waals surface area contributed by atoms with Gasteiger partial charge < -0.3 is 11.1 Å². The van der Waals surface area contributed by atoms with Crippen molar-refractivity contribution in [3.63, 3.8) is 0 Å². The van der Waals surface area contributed by atoms with E-state index in [-0.39, 0.29) is 16.1 Å². The van der Waals surface area contributed by atoms with E-state index in [2.05, 4.69) is 5.32 Å². The summed E-state index contributed by atoms with van der Waals surface area (Å²) < 4.78 is 26.1. The molecule has 0 fully saturated rings. The molecule has 26 heavy (non-hydrogen) atoms. The van der Waals surface area contributed by atoms with Crippen molar-refractivity contribution in [1.29, 1.82) is 0 Å². The van der Waals surface area contributed by atoms with Crippen molar-refractivity contribution in [2.75, 3.05) is 25.2 Å². The van der Waals surface area contributed by atoms with Gasteiger partial charge in [0.2, 0.25) is 15.9 Å². The highest BCUT2D eigenvalue weighted by Crippen LogP contribution is 2.20. The van der Waals surface area contributed by atoms with Gasteiger partial charge in [-0.25, -0.2) is 8.42 Å². The molecule has 2 amide bonds. The molecule has 0 saturated carbocycles. The molecule has 0 atom stereocenters. The van der Waals surface area contributed by atoms with E-state index >= 15 is 0 Å². The van der Waals surface area contributed by atoms with Crippen LogP contribution in [0.25, 0.3) is 0 Å². The molecule has 138 valence electrons. The predicted molar refractivity (Wildman–Crippen MR) is 102 cm³/mol. The van der Waals surface area contributed by atoms with Gasteiger partial charge in [0.25, 0.3) is 5.91 Å². The summed E-state index contributed by atoms with van der Waals surface area (Å²) in [6, 6.07) is 12.7. The number of para-hydroxylation sites is 1. The van der Waals surface area contributed by atoms with Crippen molar-refractivity contribution in [2.24, 2.45) is 5.73 Å². The summed E-state index contributed by atoms with van der Waals surface area (Å²) >= 11 is 1.50. The van der Waals surface area contributed by atoms with E-state index in [1.807, 2.05) is 6.26 Å². The number of likely N-dealkylation sites (N-methyl/N-ethyl adjacent to an activating group) is 1. The Morgan fingerprint density at radius 1 is 1.12 bits per heavy atom. The number of benzene rings is 2. The van der Waals surface area contributed by atoms with Gasteiger partial charge in [-0.05, 0) is 42.7 Å². The monoisotopic (exact) mass is 393 g/mol. The lowest BCUT2D eigenvalue weighted by atomic mass is 10.1. The van der Waals surface area contributed by atoms with Crippen LogP contribution in [-0.4, -0.2) is 44.4 Å². The topological polar surface area (TPSA) is 110 Å². The Kier molecular flexibility index (Phi) is 6.41. The molecule has 0 aromatic heterocycles. The van der Waals surface area contributed by atoms with Crippen molar-refractivity contribution in [1.82, 2.24) is 4.31 Å². The van der Waals surface area contributed by atoms with Crippen LogP contribution in [0.2, 0.25) is 0 Å². The van der Waals surface area contributed by atoms with E-state index in [9.17, 15) is 18.0 Å². The van der Waals surface area contributed by atoms with Crippen LogP contribution < -0.4 is 11.1 Å². The van der Waals surface area contributed by atoms with Gasteiger partial charge in [0, 0.05) is 11.9 Å². The third-order valence-electron chi connectivity index (χ3n) is 3.60. The minimum atomic E-state index is -3.81. The molecule has 2 aromatic carbocycles. The highest BCUT2D eigenvalue weighted by Gasteiger charge is 2.23. The molecule has 0 aliphatic rings. The summed E-state index contributed by atoms with van der Waals surface area (Å²) in [6.07, 6.45) is 1.89. The summed E-state index contributed by atoms with van der Waals surface area (Å²) in [7, 11) is -2.49. The number of nitrogens with one attached hydrogen (secondary N) is 1. The molecule has 0 saturated heterocycles. The van der Waals surface area contributed by atoms with Crippen molar-refractivity contribution < 1.29 is 18.0 Å². The van der Waals surface area contributed by atoms with Gasteiger partial charge in [0.1, 0.15) is 0 Å². The minimum Gasteiger partial charge on any atom is -0.366 e. The maximum atomic E-state index is 12.6. The fourth-order valence-corrected chi connectivity index (χ4v) is 3.75. The first-order valence-electron chi connectivity index (χ1n) is 7.55. The Morgan fingerprint density at radius 2 is 1.73 bits per heavy atom. The number of hydrogen-bond acceptors (Lipinski definition) is 5. The first-order valence-corrected chi connectivity index (χ1v) is 10.2. The molecule has 0 aliphatic carbocycles. The van der Waals surface area contributed by atoms with Gasteiger partial charge in [0.15, 0.2) is 0 Å². The van der Waals surface area contributed by atoms with E-state index < -0.39 is 28.4 Å². The highest BCUT2D eigenvalue weighted by molar-refractivity contribution is 7.98. The second kappa shape index (κ2) is 8.35. The van der Waals surface area contributed by atoms with Crippen LogP contribution in [0, 0.1) is 0 Å². The van der Waals surface area contributed by atoms with Crippen molar-refractivity contribution in [3.05, 3.63) is 54.1 Å². The zero-order valence-corrected chi connectivity index (χ0v) is 15.9. The third-order valence-corrected chi connectivity index (χ3v) is 6.16. The molecule has 3 N–H and O–H groups in total. The Balaban J connectivity index is 2.12. The lowest BCUT2D eigenvalue weighted by Gasteiger charge is -2.17. The number of nitrogens with zero attached hydrogens (tertiary/aromatic N) is 1. The molecule has 0 aliphatic heterocycles. The maximum Gasteiger partial charge on any atom is 0.250 e. The Morgan fingerprint density at radius 3 is 2.31 bits per heavy atom. The zero-order chi connectivity index (χ0) is 19.3. The average molecular weight is 393 g/mol. The molecule has 9 heteroatoms. The molecule has 7 nitrogen and oxygen atoms in total. The van der Waals surface area contributed by atoms with Crippen LogP contribution in [0.15, 0.2) is 58.3 Å². The molecular weight excluding hydrogens is 374 g/mol. The highest BCUT2D eigenvalue weighted by atomic mass is 32.2. The molecular formula is C17H19N3O4S2. The van der Waals surface area contributed by atoms with E-state index in [0.29, 0.717) is 0 Å². The van der Waals surface area contributed by atoms with Crippen LogP contribution in [-0.2, 0) is 14.8 Å². The van der Waals surface area contributed by atoms with Gasteiger partial charge in [0.05, 0.1) is 22.7 Å². The van der Waals surface area contributed by atoms with Gasteiger partial charge in [-0.2, -0.15) is 4.31 Å². The Hall–Kier alpha value is -2.36. The first-order chi connectivity index (χ1) is 12.3. The van der Waals surface area contributed by atoms with E-state index in [1.54, 1.807) is 24.3 Å². The van der Waals surface area contributed by atoms with Crippen LogP contribution in [0.1, 0.15) is 10.4 Å². The van der Waals surface area contributed by atoms with Gasteiger partial charge in [-0.15, -0.1) is 11.8 Å². The first kappa shape index (κ1) is 20.0. The average Bonchev–Trinajstić information content (AvgIpc) is 2.61. The van der Waals surface area contributed by atoms with Gasteiger partial charge in [-0.1, -0.05) is 12.1 Å². The Bertz CT molecular complexity index is 912. The quantitative estimate of drug-likeness (QED) is 0.697. The molecule has 0 radical (unpaired) electrons. The van der Waals surface area contributed by atoms with E-state index in [0.717, 1.165) is 9.20 Å². The second-order valence-corrected chi connectivity index (χ2v) is 8.32. The van der Waals surface area contributed by atoms with Crippen molar-refractivity contribution >= 4 is 39.3 Å². The SMILES string of the molecule is CSc1ccc(S(=O)(=O)N(C)CC(=O)Nc2ccccc2C(N)=O)cc1. The van der Waals surface area contributed by atoms with Crippen molar-refractivity contribution in [2.45, 2.75) is 9.79 Å². The number of nitrogens with two attached hydrogens (primary N) is 1. The second-order valence-electron chi connectivity index (χ2n) is 5.39. The molecule has 0 unspecified atom stereocenters. The number of primary amides is 1. The van der Waals surface area contributed by atoms with Crippen molar-refractivity contribution in [3.8, 4) is 0 Å². The molecule has 0 heterocycles. The number of carbonyl (C=O) groups excluding carboxylic acids is 2. The van der Waals surface area contributed by atoms with Crippen LogP contribution in [0.4, 0.5) is 5.69 Å². The fourth-order valence-electron chi connectivity index (χ4n) is 2.21. The summed E-state index contributed by atoms with van der Waals surface area (Å²) in [5.74, 6) is -1.26. The summed E-state index contributed by atoms with van der Waals surface area (Å²) in [5.41, 5.74) is 5.65. The normalized spacial score (nSPS) is 11.3. The van der Waals surface area contributed by atoms with E-state index in [4.69, 9.17) is 5.73 Å². The molecule has 2 rings (SSSR count). The summed E-state index contributed by atoms with van der Waals surface area (Å²) in [5, 5.41) is 2.52. The number of carbonyl (C=O) groups is 2. The van der Waals surface area contributed by atoms with Gasteiger partial charge in [-0.3, -0.25) is 9.59 Å². The van der Waals surface area contributed by atoms with Crippen LogP contribution >= 0.6 is 11.8 Å². The molecule has 0 bridgehead atoms. The number of hydrogen-bond donors (Lipinski definition) is 2. The minimum absolute atomic E-state index is 0.100. The maximum absolute atomic E-state index is 12.6.